The van der Waals surface area contributed by atoms with E-state index in [4.69, 9.17) is 24.0 Å². The molecule has 440 valence electrons. The third kappa shape index (κ3) is 10.8. The number of rotatable bonds is 8. The summed E-state index contributed by atoms with van der Waals surface area (Å²) in [4.78, 5) is 68.8. The minimum absolute atomic E-state index is 0.00806. The van der Waals surface area contributed by atoms with E-state index >= 15 is 4.39 Å². The molecule has 1 amide bonds. The van der Waals surface area contributed by atoms with Crippen molar-refractivity contribution in [2.24, 2.45) is 40.6 Å². The number of aromatic carboxylic acids is 1. The van der Waals surface area contributed by atoms with E-state index in [-0.39, 0.29) is 62.2 Å². The first-order chi connectivity index (χ1) is 38.8. The lowest BCUT2D eigenvalue weighted by Crippen LogP contribution is -2.46. The van der Waals surface area contributed by atoms with Crippen molar-refractivity contribution < 1.29 is 73.2 Å². The molecule has 1 saturated carbocycles. The van der Waals surface area contributed by atoms with Crippen LogP contribution in [0.25, 0.3) is 16.3 Å². The van der Waals surface area contributed by atoms with E-state index < -0.39 is 112 Å². The van der Waals surface area contributed by atoms with Crippen LogP contribution in [-0.2, 0) is 23.8 Å². The SMILES string of the molecule is CO[C@H]1/C=C/O[C@@]2(C)Oc3c(C)c(O)c4c(O)c(c(/C=N/N5CCC(C6CCCN(c7c(F)cn8c(=O)c(C(=O)O)cc(C9CC9)c8c7C)C6)C5)c(O)c4c3C2=O)NC(=O)/C(C)=C\C=C\[C@H](C)[C@H](O)[C@@H](C)[C@@H](O)[C@@H](C)[C@H](OC(C)=O)[C@@H]1C. The Kier molecular flexibility index (Phi) is 16.6. The number of carboxylic acids is 1. The molecule has 2 aromatic heterocycles. The van der Waals surface area contributed by atoms with Gasteiger partial charge in [-0.15, -0.1) is 0 Å². The smallest absolute Gasteiger partial charge is 0.341 e. The largest absolute Gasteiger partial charge is 0.507 e. The molecular formula is C61H74FN5O15. The van der Waals surface area contributed by atoms with Crippen molar-refractivity contribution in [2.45, 2.75) is 131 Å². The average Bonchev–Trinajstić information content (AvgIpc) is 1.84. The Morgan fingerprint density at radius 1 is 0.890 bits per heavy atom. The van der Waals surface area contributed by atoms with Gasteiger partial charge in [0.2, 0.25) is 0 Å². The van der Waals surface area contributed by atoms with Gasteiger partial charge in [0.1, 0.15) is 28.9 Å². The summed E-state index contributed by atoms with van der Waals surface area (Å²) in [7, 11) is 1.42. The van der Waals surface area contributed by atoms with Gasteiger partial charge in [0.15, 0.2) is 11.6 Å². The van der Waals surface area contributed by atoms with Crippen LogP contribution in [-0.4, -0.2) is 133 Å². The predicted molar refractivity (Wildman–Crippen MR) is 303 cm³/mol. The van der Waals surface area contributed by atoms with E-state index in [1.165, 1.54) is 65.5 Å². The van der Waals surface area contributed by atoms with Crippen LogP contribution < -0.4 is 20.5 Å². The Bertz CT molecular complexity index is 3440. The third-order valence-corrected chi connectivity index (χ3v) is 17.7. The Morgan fingerprint density at radius 3 is 2.27 bits per heavy atom. The number of aliphatic hydroxyl groups is 2. The van der Waals surface area contributed by atoms with Crippen molar-refractivity contribution in [2.75, 3.05) is 43.5 Å². The van der Waals surface area contributed by atoms with Crippen LogP contribution in [0.5, 0.6) is 23.0 Å². The summed E-state index contributed by atoms with van der Waals surface area (Å²) >= 11 is 0. The zero-order chi connectivity index (χ0) is 59.5. The number of methoxy groups -OCH3 is 1. The molecule has 2 unspecified atom stereocenters. The summed E-state index contributed by atoms with van der Waals surface area (Å²) in [6.07, 6.45) is 9.61. The number of nitrogens with one attached hydrogen (secondary N) is 1. The lowest BCUT2D eigenvalue weighted by atomic mass is 9.78. The Balaban J connectivity index is 1.06. The second-order valence-electron chi connectivity index (χ2n) is 23.2. The van der Waals surface area contributed by atoms with Gasteiger partial charge in [0, 0.05) is 87.3 Å². The molecular weight excluding hydrogens is 1060 g/mol. The number of hydrazone groups is 1. The Labute approximate surface area is 474 Å². The number of amides is 1. The van der Waals surface area contributed by atoms with Crippen molar-refractivity contribution in [1.29, 1.82) is 0 Å². The van der Waals surface area contributed by atoms with Crippen molar-refractivity contribution in [1.82, 2.24) is 9.41 Å². The number of phenolic OH excluding ortho intramolecular Hbond substituents is 3. The Morgan fingerprint density at radius 2 is 1.60 bits per heavy atom. The molecule has 3 fully saturated rings. The average molecular weight is 1140 g/mol. The predicted octanol–water partition coefficient (Wildman–Crippen LogP) is 7.96. The van der Waals surface area contributed by atoms with E-state index in [0.29, 0.717) is 49.4 Å². The van der Waals surface area contributed by atoms with Gasteiger partial charge in [-0.3, -0.25) is 28.6 Å². The molecule has 7 heterocycles. The number of ketones is 1. The first-order valence-electron chi connectivity index (χ1n) is 28.0. The summed E-state index contributed by atoms with van der Waals surface area (Å²) in [5.74, 6) is -10.8. The maximum absolute atomic E-state index is 16.3. The fourth-order valence-electron chi connectivity index (χ4n) is 12.8. The number of carbonyl (C=O) groups excluding carboxylic acids is 3. The van der Waals surface area contributed by atoms with E-state index in [1.807, 2.05) is 4.90 Å². The molecule has 0 spiro atoms. The van der Waals surface area contributed by atoms with Gasteiger partial charge in [-0.05, 0) is 93.9 Å². The van der Waals surface area contributed by atoms with E-state index in [1.54, 1.807) is 51.8 Å². The lowest BCUT2D eigenvalue weighted by molar-refractivity contribution is -0.160. The van der Waals surface area contributed by atoms with Crippen LogP contribution in [0, 0.1) is 55.2 Å². The molecule has 6 aliphatic rings. The number of nitrogens with zero attached hydrogens (tertiary/aromatic N) is 4. The lowest BCUT2D eigenvalue weighted by Gasteiger charge is -2.38. The van der Waals surface area contributed by atoms with Gasteiger partial charge in [-0.2, -0.15) is 5.10 Å². The molecule has 0 radical (unpaired) electrons. The molecule has 21 heteroatoms. The van der Waals surface area contributed by atoms with Crippen LogP contribution in [0.15, 0.2) is 58.3 Å². The number of esters is 1. The summed E-state index contributed by atoms with van der Waals surface area (Å²) < 4.78 is 41.3. The molecule has 5 bridgehead atoms. The molecule has 1 aliphatic carbocycles. The number of piperidine rings is 1. The maximum Gasteiger partial charge on any atom is 0.341 e. The fourth-order valence-corrected chi connectivity index (χ4v) is 12.8. The Hall–Kier alpha value is -7.49. The summed E-state index contributed by atoms with van der Waals surface area (Å²) in [5, 5.41) is 78.2. The first kappa shape index (κ1) is 59.1. The first-order valence-corrected chi connectivity index (χ1v) is 28.0. The number of benzene rings is 2. The van der Waals surface area contributed by atoms with Gasteiger partial charge < -0.3 is 59.8 Å². The molecule has 2 aromatic carbocycles. The summed E-state index contributed by atoms with van der Waals surface area (Å²) in [6, 6.07) is 1.44. The topological polar surface area (TPSA) is 279 Å². The standard InChI is InChI=1S/C61H74FN5O15/c1-28-13-11-14-29(2)58(75)64-47-41(24-63-66-21-18-38(26-66)37-15-12-20-65(25-37)49-31(4)48-39(36-16-17-36)23-40(60(77)78)59(76)67(48)27-42(49)62)53(72)44-45(54(47)73)52(71)34(7)56-46(44)57(74)61(9,82-56)80-22-19-43(79-10)30(3)55(81-35(8)68)33(6)51(70)32(5)50(28)69/h11,13-14,19,22-24,27-28,30,32-33,36-38,43,50-51,55,69-73H,12,15-18,20-21,25-26H2,1-10H3,(H,64,75)(H,77,78)/b13-11+,22-19+,29-14-,63-24+/t28-,30+,32+,33+,37?,38?,43-,50-,51+,55+,61-/m0/s1. The number of halogens is 1. The fraction of sp³-hybridized carbons (Fsp3) is 0.508. The molecule has 20 nitrogen and oxygen atoms in total. The van der Waals surface area contributed by atoms with Gasteiger partial charge >= 0.3 is 17.7 Å². The second kappa shape index (κ2) is 23.0. The highest BCUT2D eigenvalue weighted by Crippen LogP contribution is 2.55. The van der Waals surface area contributed by atoms with Gasteiger partial charge in [-0.1, -0.05) is 45.9 Å². The van der Waals surface area contributed by atoms with Gasteiger partial charge in [0.25, 0.3) is 17.2 Å². The van der Waals surface area contributed by atoms with Crippen LogP contribution in [0.2, 0.25) is 0 Å². The number of hydrogen-bond acceptors (Lipinski definition) is 17. The van der Waals surface area contributed by atoms with Crippen LogP contribution >= 0.6 is 0 Å². The normalized spacial score (nSPS) is 29.9. The molecule has 11 atom stereocenters. The number of anilines is 2. The van der Waals surface area contributed by atoms with Crippen LogP contribution in [0.1, 0.15) is 129 Å². The number of allylic oxidation sites excluding steroid dienone is 2. The summed E-state index contributed by atoms with van der Waals surface area (Å²) in [5.41, 5.74) is 0.348. The second-order valence-corrected chi connectivity index (χ2v) is 23.2. The van der Waals surface area contributed by atoms with Crippen LogP contribution in [0.4, 0.5) is 15.8 Å². The highest BCUT2D eigenvalue weighted by Gasteiger charge is 2.50. The molecule has 5 aliphatic heterocycles. The highest BCUT2D eigenvalue weighted by molar-refractivity contribution is 6.24. The number of Topliss-reactive ketones (excluding diaryl/α,β-unsaturated/α-hetero) is 1. The van der Waals surface area contributed by atoms with Crippen molar-refractivity contribution in [3.63, 3.8) is 0 Å². The van der Waals surface area contributed by atoms with E-state index in [2.05, 4.69) is 5.32 Å². The number of aromatic hydroxyl groups is 3. The number of aryl methyl sites for hydroxylation is 1. The van der Waals surface area contributed by atoms with Crippen molar-refractivity contribution in [3.05, 3.63) is 98.0 Å². The maximum atomic E-state index is 16.3. The number of pyridine rings is 2. The number of ether oxygens (including phenoxy) is 4. The number of hydrogen-bond donors (Lipinski definition) is 7. The van der Waals surface area contributed by atoms with E-state index in [9.17, 15) is 54.6 Å². The highest BCUT2D eigenvalue weighted by atomic mass is 19.1. The number of aromatic nitrogens is 1. The summed E-state index contributed by atoms with van der Waals surface area (Å²) in [6.45, 7) is 16.1. The van der Waals surface area contributed by atoms with E-state index in [0.717, 1.165) is 41.8 Å². The molecule has 7 N–H and O–H groups in total. The molecule has 2 saturated heterocycles. The van der Waals surface area contributed by atoms with Crippen LogP contribution in [0.3, 0.4) is 0 Å². The number of carbonyl (C=O) groups is 4. The number of carboxylic acid groups (broad SMARTS) is 1. The minimum atomic E-state index is -2.12. The minimum Gasteiger partial charge on any atom is -0.507 e. The molecule has 4 aromatic rings. The number of fused-ring (bicyclic) bond motifs is 15. The quantitative estimate of drug-likeness (QED) is 0.0381. The number of phenols is 3. The zero-order valence-corrected chi connectivity index (χ0v) is 47.9. The zero-order valence-electron chi connectivity index (χ0n) is 47.9. The molecule has 10 rings (SSSR count). The van der Waals surface area contributed by atoms with Crippen molar-refractivity contribution >= 4 is 57.5 Å². The monoisotopic (exact) mass is 1140 g/mol. The van der Waals surface area contributed by atoms with Gasteiger partial charge in [-0.25, -0.2) is 9.18 Å². The number of aliphatic hydroxyl groups excluding tert-OH is 2. The third-order valence-electron chi connectivity index (χ3n) is 17.7. The molecule has 82 heavy (non-hydrogen) atoms. The van der Waals surface area contributed by atoms with Gasteiger partial charge in [0.05, 0.1) is 70.4 Å². The van der Waals surface area contributed by atoms with Crippen molar-refractivity contribution in [3.8, 4) is 23.0 Å².